The summed E-state index contributed by atoms with van der Waals surface area (Å²) in [6.45, 7) is 0.832. The highest BCUT2D eigenvalue weighted by Crippen LogP contribution is 2.21. The molecule has 2 N–H and O–H groups in total. The zero-order valence-corrected chi connectivity index (χ0v) is 5.85. The van der Waals surface area contributed by atoms with Crippen LogP contribution in [0.15, 0.2) is 0 Å². The van der Waals surface area contributed by atoms with Crippen LogP contribution >= 0.6 is 0 Å². The molecule has 0 radical (unpaired) electrons. The van der Waals surface area contributed by atoms with Gasteiger partial charge in [0.05, 0.1) is 6.61 Å². The second-order valence-corrected chi connectivity index (χ2v) is 2.79. The van der Waals surface area contributed by atoms with Gasteiger partial charge in [0.1, 0.15) is 5.54 Å². The number of amides is 3. The predicted molar refractivity (Wildman–Crippen MR) is 34.8 cm³/mol. The van der Waals surface area contributed by atoms with E-state index in [0.29, 0.717) is 19.6 Å². The maximum absolute atomic E-state index is 11.1. The van der Waals surface area contributed by atoms with Crippen molar-refractivity contribution in [1.29, 1.82) is 0 Å². The Kier molecular flexibility index (Phi) is 1.17. The molecule has 3 amide bonds. The Labute approximate surface area is 63.1 Å². The van der Waals surface area contributed by atoms with E-state index in [0.717, 1.165) is 0 Å². The number of imide groups is 1. The van der Waals surface area contributed by atoms with Crippen LogP contribution in [-0.2, 0) is 9.53 Å². The van der Waals surface area contributed by atoms with E-state index in [1.165, 1.54) is 0 Å². The summed E-state index contributed by atoms with van der Waals surface area (Å²) in [5, 5.41) is 4.73. The summed E-state index contributed by atoms with van der Waals surface area (Å²) in [5.74, 6) is -0.264. The molecule has 60 valence electrons. The van der Waals surface area contributed by atoms with Crippen LogP contribution in [0.25, 0.3) is 0 Å². The van der Waals surface area contributed by atoms with Gasteiger partial charge in [0.2, 0.25) is 0 Å². The first-order valence-corrected chi connectivity index (χ1v) is 3.44. The van der Waals surface area contributed by atoms with Crippen molar-refractivity contribution in [2.24, 2.45) is 0 Å². The molecule has 2 rings (SSSR count). The molecular weight excluding hydrogens is 148 g/mol. The maximum Gasteiger partial charge on any atom is 0.322 e. The number of urea groups is 1. The molecule has 11 heavy (non-hydrogen) atoms. The van der Waals surface area contributed by atoms with Crippen LogP contribution in [0.5, 0.6) is 0 Å². The van der Waals surface area contributed by atoms with Crippen molar-refractivity contribution in [2.45, 2.75) is 12.0 Å². The Morgan fingerprint density at radius 3 is 2.73 bits per heavy atom. The molecular formula is C6H8N2O3. The van der Waals surface area contributed by atoms with Crippen molar-refractivity contribution in [3.8, 4) is 0 Å². The summed E-state index contributed by atoms with van der Waals surface area (Å²) in [4.78, 5) is 21.9. The summed E-state index contributed by atoms with van der Waals surface area (Å²) in [5.41, 5.74) is -0.753. The lowest BCUT2D eigenvalue weighted by Gasteiger charge is -2.15. The molecule has 1 atom stereocenters. The predicted octanol–water partition coefficient (Wildman–Crippen LogP) is -1.02. The smallest absolute Gasteiger partial charge is 0.322 e. The van der Waals surface area contributed by atoms with Crippen LogP contribution in [0, 0.1) is 0 Å². The van der Waals surface area contributed by atoms with Crippen LogP contribution in [-0.4, -0.2) is 30.7 Å². The zero-order chi connectivity index (χ0) is 7.90. The quantitative estimate of drug-likeness (QED) is 0.441. The van der Waals surface area contributed by atoms with E-state index in [1.54, 1.807) is 0 Å². The lowest BCUT2D eigenvalue weighted by atomic mass is 10.00. The fourth-order valence-electron chi connectivity index (χ4n) is 1.37. The van der Waals surface area contributed by atoms with Gasteiger partial charge < -0.3 is 10.1 Å². The molecule has 0 aromatic carbocycles. The Morgan fingerprint density at radius 2 is 2.27 bits per heavy atom. The van der Waals surface area contributed by atoms with Gasteiger partial charge in [0.25, 0.3) is 5.91 Å². The first-order chi connectivity index (χ1) is 5.23. The van der Waals surface area contributed by atoms with Crippen molar-refractivity contribution in [3.05, 3.63) is 0 Å². The van der Waals surface area contributed by atoms with Gasteiger partial charge in [0.15, 0.2) is 0 Å². The second-order valence-electron chi connectivity index (χ2n) is 2.79. The summed E-state index contributed by atoms with van der Waals surface area (Å²) in [6.07, 6.45) is 0.574. The molecule has 5 heteroatoms. The Hall–Kier alpha value is -1.10. The van der Waals surface area contributed by atoms with Gasteiger partial charge in [-0.05, 0) is 0 Å². The standard InChI is InChI=1S/C6H8N2O3/c9-4-6(1-2-11-3-6)8-5(10)7-4/h1-3H2,(H2,7,8,9,10)/t6-/m0/s1. The highest BCUT2D eigenvalue weighted by molar-refractivity contribution is 6.07. The second kappa shape index (κ2) is 1.94. The molecule has 0 aliphatic carbocycles. The summed E-state index contributed by atoms with van der Waals surface area (Å²) in [6, 6.07) is -0.416. The van der Waals surface area contributed by atoms with Crippen LogP contribution in [0.2, 0.25) is 0 Å². The number of carbonyl (C=O) groups is 2. The SMILES string of the molecule is O=C1NC(=O)[C@@]2(CCOC2)N1. The summed E-state index contributed by atoms with van der Waals surface area (Å²) >= 11 is 0. The molecule has 2 saturated heterocycles. The molecule has 2 fully saturated rings. The van der Waals surface area contributed by atoms with Gasteiger partial charge in [-0.2, -0.15) is 0 Å². The van der Waals surface area contributed by atoms with Gasteiger partial charge >= 0.3 is 6.03 Å². The lowest BCUT2D eigenvalue weighted by Crippen LogP contribution is -2.47. The molecule has 5 nitrogen and oxygen atoms in total. The number of nitrogens with one attached hydrogen (secondary N) is 2. The molecule has 2 aliphatic heterocycles. The van der Waals surface area contributed by atoms with Crippen molar-refractivity contribution < 1.29 is 14.3 Å². The third kappa shape index (κ3) is 0.808. The monoisotopic (exact) mass is 156 g/mol. The third-order valence-electron chi connectivity index (χ3n) is 2.04. The van der Waals surface area contributed by atoms with Gasteiger partial charge in [-0.25, -0.2) is 4.79 Å². The highest BCUT2D eigenvalue weighted by Gasteiger charge is 2.48. The van der Waals surface area contributed by atoms with Crippen molar-refractivity contribution in [2.75, 3.05) is 13.2 Å². The van der Waals surface area contributed by atoms with Crippen LogP contribution in [0.4, 0.5) is 4.79 Å². The van der Waals surface area contributed by atoms with Crippen LogP contribution in [0.1, 0.15) is 6.42 Å². The van der Waals surface area contributed by atoms with E-state index in [9.17, 15) is 9.59 Å². The lowest BCUT2D eigenvalue weighted by molar-refractivity contribution is -0.123. The molecule has 2 heterocycles. The minimum atomic E-state index is -0.753. The molecule has 0 aromatic rings. The van der Waals surface area contributed by atoms with Gasteiger partial charge in [-0.3, -0.25) is 10.1 Å². The summed E-state index contributed by atoms with van der Waals surface area (Å²) in [7, 11) is 0. The topological polar surface area (TPSA) is 67.4 Å². The van der Waals surface area contributed by atoms with Crippen LogP contribution < -0.4 is 10.6 Å². The molecule has 2 aliphatic rings. The number of carbonyl (C=O) groups excluding carboxylic acids is 2. The molecule has 0 bridgehead atoms. The zero-order valence-electron chi connectivity index (χ0n) is 5.85. The van der Waals surface area contributed by atoms with E-state index in [1.807, 2.05) is 0 Å². The van der Waals surface area contributed by atoms with E-state index in [2.05, 4.69) is 10.6 Å². The van der Waals surface area contributed by atoms with Crippen molar-refractivity contribution >= 4 is 11.9 Å². The molecule has 0 aromatic heterocycles. The normalized spacial score (nSPS) is 36.0. The Morgan fingerprint density at radius 1 is 1.45 bits per heavy atom. The number of hydrogen-bond donors (Lipinski definition) is 2. The first kappa shape index (κ1) is 6.60. The number of rotatable bonds is 0. The summed E-state index contributed by atoms with van der Waals surface area (Å²) < 4.78 is 5.03. The fraction of sp³-hybridized carbons (Fsp3) is 0.667. The number of hydrogen-bond acceptors (Lipinski definition) is 3. The molecule has 0 saturated carbocycles. The largest absolute Gasteiger partial charge is 0.378 e. The maximum atomic E-state index is 11.1. The fourth-order valence-corrected chi connectivity index (χ4v) is 1.37. The average Bonchev–Trinajstić information content (AvgIpc) is 2.45. The highest BCUT2D eigenvalue weighted by atomic mass is 16.5. The third-order valence-corrected chi connectivity index (χ3v) is 2.04. The number of ether oxygens (including phenoxy) is 1. The van der Waals surface area contributed by atoms with Gasteiger partial charge in [-0.15, -0.1) is 0 Å². The van der Waals surface area contributed by atoms with Gasteiger partial charge in [-0.1, -0.05) is 0 Å². The average molecular weight is 156 g/mol. The Bertz CT molecular complexity index is 220. The van der Waals surface area contributed by atoms with Gasteiger partial charge in [0, 0.05) is 13.0 Å². The minimum absolute atomic E-state index is 0.264. The molecule has 0 unspecified atom stereocenters. The Balaban J connectivity index is 2.24. The van der Waals surface area contributed by atoms with E-state index in [-0.39, 0.29) is 5.91 Å². The van der Waals surface area contributed by atoms with Crippen molar-refractivity contribution in [3.63, 3.8) is 0 Å². The molecule has 1 spiro atoms. The van der Waals surface area contributed by atoms with Crippen molar-refractivity contribution in [1.82, 2.24) is 10.6 Å². The van der Waals surface area contributed by atoms with E-state index < -0.39 is 11.6 Å². The van der Waals surface area contributed by atoms with E-state index in [4.69, 9.17) is 4.74 Å². The van der Waals surface area contributed by atoms with E-state index >= 15 is 0 Å². The first-order valence-electron chi connectivity index (χ1n) is 3.44. The minimum Gasteiger partial charge on any atom is -0.378 e. The van der Waals surface area contributed by atoms with Crippen LogP contribution in [0.3, 0.4) is 0 Å².